The van der Waals surface area contributed by atoms with Crippen molar-refractivity contribution < 1.29 is 14.4 Å². The number of rotatable bonds is 5. The highest BCUT2D eigenvalue weighted by molar-refractivity contribution is 7.99. The zero-order valence-electron chi connectivity index (χ0n) is 9.46. The fourth-order valence-corrected chi connectivity index (χ4v) is 2.67. The zero-order valence-corrected chi connectivity index (χ0v) is 10.3. The van der Waals surface area contributed by atoms with Crippen molar-refractivity contribution in [1.29, 1.82) is 0 Å². The first-order valence-corrected chi connectivity index (χ1v) is 6.47. The first-order valence-electron chi connectivity index (χ1n) is 5.31. The first-order chi connectivity index (χ1) is 7.56. The van der Waals surface area contributed by atoms with Crippen molar-refractivity contribution in [3.8, 4) is 0 Å². The van der Waals surface area contributed by atoms with E-state index in [-0.39, 0.29) is 0 Å². The van der Waals surface area contributed by atoms with Crippen molar-refractivity contribution in [3.63, 3.8) is 0 Å². The molecule has 0 saturated carbocycles. The smallest absolute Gasteiger partial charge is 0.277 e. The molecule has 1 rings (SSSR count). The maximum Gasteiger partial charge on any atom is 0.328 e. The zero-order chi connectivity index (χ0) is 12.2. The van der Waals surface area contributed by atoms with Crippen molar-refractivity contribution in [1.82, 2.24) is 10.6 Å². The van der Waals surface area contributed by atoms with Crippen LogP contribution in [0.5, 0.6) is 0 Å². The third-order valence-electron chi connectivity index (χ3n) is 2.55. The quantitative estimate of drug-likeness (QED) is 0.704. The summed E-state index contributed by atoms with van der Waals surface area (Å²) in [6, 6.07) is -0.719. The Bertz CT molecular complexity index is 297. The maximum atomic E-state index is 11.8. The lowest BCUT2D eigenvalue weighted by molar-refractivity contribution is -0.143. The van der Waals surface area contributed by atoms with Crippen LogP contribution in [0.3, 0.4) is 0 Å². The summed E-state index contributed by atoms with van der Waals surface area (Å²) in [6.45, 7) is 3.88. The van der Waals surface area contributed by atoms with Crippen LogP contribution in [0.4, 0.5) is 4.79 Å². The second kappa shape index (κ2) is 5.34. The molecule has 0 atom stereocenters. The molecule has 1 aliphatic heterocycles. The van der Waals surface area contributed by atoms with E-state index in [0.717, 1.165) is 12.2 Å². The van der Waals surface area contributed by atoms with E-state index in [1.165, 1.54) is 11.8 Å². The third kappa shape index (κ3) is 2.37. The predicted molar refractivity (Wildman–Crippen MR) is 62.0 cm³/mol. The maximum absolute atomic E-state index is 11.8. The number of carbonyl (C=O) groups is 3. The van der Waals surface area contributed by atoms with Gasteiger partial charge in [-0.05, 0) is 12.2 Å². The molecule has 0 aromatic rings. The summed E-state index contributed by atoms with van der Waals surface area (Å²) in [5.74, 6) is 0.315. The summed E-state index contributed by atoms with van der Waals surface area (Å²) in [5, 5.41) is 4.34. The Morgan fingerprint density at radius 2 is 1.69 bits per heavy atom. The van der Waals surface area contributed by atoms with E-state index in [0.29, 0.717) is 12.2 Å². The van der Waals surface area contributed by atoms with Gasteiger partial charge in [-0.1, -0.05) is 20.3 Å². The molecule has 1 heterocycles. The van der Waals surface area contributed by atoms with Crippen LogP contribution in [-0.4, -0.2) is 29.4 Å². The lowest BCUT2D eigenvalue weighted by Crippen LogP contribution is -2.63. The lowest BCUT2D eigenvalue weighted by Gasteiger charge is -2.33. The summed E-state index contributed by atoms with van der Waals surface area (Å²) >= 11 is 1.53. The minimum absolute atomic E-state index is 0.419. The van der Waals surface area contributed by atoms with Crippen molar-refractivity contribution in [2.24, 2.45) is 5.41 Å². The van der Waals surface area contributed by atoms with E-state index in [4.69, 9.17) is 0 Å². The topological polar surface area (TPSA) is 75.3 Å². The van der Waals surface area contributed by atoms with Crippen molar-refractivity contribution in [2.75, 3.05) is 11.5 Å². The number of urea groups is 1. The average Bonchev–Trinajstić information content (AvgIpc) is 2.22. The van der Waals surface area contributed by atoms with Crippen LogP contribution in [0.25, 0.3) is 0 Å². The summed E-state index contributed by atoms with van der Waals surface area (Å²) < 4.78 is 0. The van der Waals surface area contributed by atoms with Crippen LogP contribution in [0.1, 0.15) is 26.7 Å². The van der Waals surface area contributed by atoms with Gasteiger partial charge in [-0.15, -0.1) is 0 Å². The molecule has 0 radical (unpaired) electrons. The van der Waals surface area contributed by atoms with Gasteiger partial charge in [0.25, 0.3) is 0 Å². The van der Waals surface area contributed by atoms with E-state index in [9.17, 15) is 14.4 Å². The van der Waals surface area contributed by atoms with Gasteiger partial charge < -0.3 is 0 Å². The van der Waals surface area contributed by atoms with Gasteiger partial charge in [0.2, 0.25) is 11.8 Å². The Hall–Kier alpha value is -1.04. The molecule has 0 aromatic carbocycles. The van der Waals surface area contributed by atoms with Crippen molar-refractivity contribution >= 4 is 29.6 Å². The monoisotopic (exact) mass is 244 g/mol. The van der Waals surface area contributed by atoms with Crippen LogP contribution in [0.2, 0.25) is 0 Å². The lowest BCUT2D eigenvalue weighted by atomic mass is 9.82. The Kier molecular flexibility index (Phi) is 4.35. The highest BCUT2D eigenvalue weighted by Crippen LogP contribution is 2.31. The van der Waals surface area contributed by atoms with E-state index in [2.05, 4.69) is 10.6 Å². The van der Waals surface area contributed by atoms with Gasteiger partial charge in [0, 0.05) is 5.75 Å². The molecule has 1 fully saturated rings. The van der Waals surface area contributed by atoms with Gasteiger partial charge in [0.15, 0.2) is 0 Å². The molecule has 0 spiro atoms. The Labute approximate surface area is 98.7 Å². The number of nitrogens with one attached hydrogen (secondary N) is 2. The first kappa shape index (κ1) is 13.0. The van der Waals surface area contributed by atoms with Crippen LogP contribution in [-0.2, 0) is 9.59 Å². The van der Waals surface area contributed by atoms with Gasteiger partial charge in [-0.25, -0.2) is 4.79 Å². The second-order valence-corrected chi connectivity index (χ2v) is 4.98. The minimum atomic E-state index is -1.08. The van der Waals surface area contributed by atoms with Crippen molar-refractivity contribution in [2.45, 2.75) is 26.7 Å². The third-order valence-corrected chi connectivity index (χ3v) is 3.66. The summed E-state index contributed by atoms with van der Waals surface area (Å²) in [7, 11) is 0. The molecule has 6 heteroatoms. The number of amides is 4. The van der Waals surface area contributed by atoms with Gasteiger partial charge in [0.1, 0.15) is 5.41 Å². The molecular formula is C10H16N2O3S. The second-order valence-electron chi connectivity index (χ2n) is 3.71. The Balaban J connectivity index is 2.92. The number of thioether (sulfide) groups is 1. The van der Waals surface area contributed by atoms with Gasteiger partial charge in [0.05, 0.1) is 0 Å². The molecular weight excluding hydrogens is 228 g/mol. The normalized spacial score (nSPS) is 19.2. The SMILES string of the molecule is CCCC1(CSCC)C(=O)NC(=O)NC1=O. The fourth-order valence-electron chi connectivity index (χ4n) is 1.71. The molecule has 16 heavy (non-hydrogen) atoms. The molecule has 0 unspecified atom stereocenters. The predicted octanol–water partition coefficient (Wildman–Crippen LogP) is 0.892. The van der Waals surface area contributed by atoms with Crippen LogP contribution >= 0.6 is 11.8 Å². The molecule has 4 amide bonds. The summed E-state index contributed by atoms with van der Waals surface area (Å²) in [4.78, 5) is 34.6. The number of hydrogen-bond donors (Lipinski definition) is 2. The van der Waals surface area contributed by atoms with Gasteiger partial charge in [-0.2, -0.15) is 11.8 Å². The van der Waals surface area contributed by atoms with Crippen LogP contribution < -0.4 is 10.6 Å². The standard InChI is InChI=1S/C10H16N2O3S/c1-3-5-10(6-16-4-2)7(13)11-9(15)12-8(10)14/h3-6H2,1-2H3,(H2,11,12,13,14,15). The molecule has 5 nitrogen and oxygen atoms in total. The van der Waals surface area contributed by atoms with Crippen LogP contribution in [0.15, 0.2) is 0 Å². The molecule has 0 aliphatic carbocycles. The minimum Gasteiger partial charge on any atom is -0.277 e. The van der Waals surface area contributed by atoms with Crippen molar-refractivity contribution in [3.05, 3.63) is 0 Å². The summed E-state index contributed by atoms with van der Waals surface area (Å²) in [6.07, 6.45) is 1.18. The molecule has 0 bridgehead atoms. The van der Waals surface area contributed by atoms with E-state index in [1.807, 2.05) is 13.8 Å². The number of carbonyl (C=O) groups excluding carboxylic acids is 3. The fraction of sp³-hybridized carbons (Fsp3) is 0.700. The van der Waals surface area contributed by atoms with Crippen LogP contribution in [0, 0.1) is 5.41 Å². The molecule has 0 aromatic heterocycles. The number of imide groups is 2. The Morgan fingerprint density at radius 3 is 2.12 bits per heavy atom. The molecule has 1 aliphatic rings. The average molecular weight is 244 g/mol. The largest absolute Gasteiger partial charge is 0.328 e. The Morgan fingerprint density at radius 1 is 1.12 bits per heavy atom. The van der Waals surface area contributed by atoms with E-state index in [1.54, 1.807) is 0 Å². The molecule has 90 valence electrons. The summed E-state index contributed by atoms with van der Waals surface area (Å²) in [5.41, 5.74) is -1.08. The molecule has 1 saturated heterocycles. The van der Waals surface area contributed by atoms with E-state index < -0.39 is 23.3 Å². The van der Waals surface area contributed by atoms with Gasteiger partial charge in [-0.3, -0.25) is 20.2 Å². The van der Waals surface area contributed by atoms with Gasteiger partial charge >= 0.3 is 6.03 Å². The molecule has 2 N–H and O–H groups in total. The number of hydrogen-bond acceptors (Lipinski definition) is 4. The highest BCUT2D eigenvalue weighted by Gasteiger charge is 2.49. The highest BCUT2D eigenvalue weighted by atomic mass is 32.2. The van der Waals surface area contributed by atoms with E-state index >= 15 is 0 Å². The number of barbiturate groups is 1.